The molecule has 1 saturated carbocycles. The van der Waals surface area contributed by atoms with Gasteiger partial charge in [0.25, 0.3) is 0 Å². The number of aliphatic hydroxyl groups excluding tert-OH is 1. The first-order valence-corrected chi connectivity index (χ1v) is 7.95. The van der Waals surface area contributed by atoms with E-state index < -0.39 is 0 Å². The molecule has 3 rings (SSSR count). The first-order valence-electron chi connectivity index (χ1n) is 7.07. The Labute approximate surface area is 123 Å². The summed E-state index contributed by atoms with van der Waals surface area (Å²) in [5, 5.41) is 11.9. The lowest BCUT2D eigenvalue weighted by molar-refractivity contribution is 0.105. The van der Waals surface area contributed by atoms with E-state index in [1.165, 1.54) is 0 Å². The van der Waals surface area contributed by atoms with Crippen molar-refractivity contribution in [3.05, 3.63) is 29.6 Å². The summed E-state index contributed by atoms with van der Waals surface area (Å²) >= 11 is 1.65. The maximum Gasteiger partial charge on any atom is 0.209 e. The zero-order valence-electron chi connectivity index (χ0n) is 11.7. The molecular weight excluding hydrogens is 272 g/mol. The van der Waals surface area contributed by atoms with E-state index in [1.54, 1.807) is 17.5 Å². The molecule has 0 aliphatic heterocycles. The minimum Gasteiger partial charge on any atom is -0.438 e. The van der Waals surface area contributed by atoms with E-state index in [1.807, 2.05) is 17.5 Å². The van der Waals surface area contributed by atoms with Gasteiger partial charge in [-0.2, -0.15) is 0 Å². The van der Waals surface area contributed by atoms with E-state index >= 15 is 0 Å². The van der Waals surface area contributed by atoms with Crippen LogP contribution in [0.4, 0.5) is 0 Å². The molecule has 2 unspecified atom stereocenters. The van der Waals surface area contributed by atoms with E-state index in [-0.39, 0.29) is 6.10 Å². The second-order valence-electron chi connectivity index (χ2n) is 5.55. The molecule has 2 heterocycles. The fourth-order valence-electron chi connectivity index (χ4n) is 2.84. The Morgan fingerprint density at radius 1 is 1.50 bits per heavy atom. The van der Waals surface area contributed by atoms with Crippen LogP contribution in [-0.2, 0) is 6.54 Å². The summed E-state index contributed by atoms with van der Waals surface area (Å²) in [4.78, 5) is 7.63. The summed E-state index contributed by atoms with van der Waals surface area (Å²) in [6.07, 6.45) is 4.86. The molecule has 0 radical (unpaired) electrons. The van der Waals surface area contributed by atoms with Crippen molar-refractivity contribution in [2.45, 2.75) is 31.9 Å². The Kier molecular flexibility index (Phi) is 4.19. The highest BCUT2D eigenvalue weighted by atomic mass is 32.1. The van der Waals surface area contributed by atoms with Gasteiger partial charge in [-0.15, -0.1) is 11.3 Å². The van der Waals surface area contributed by atoms with Gasteiger partial charge >= 0.3 is 0 Å². The molecule has 4 nitrogen and oxygen atoms in total. The van der Waals surface area contributed by atoms with Crippen molar-refractivity contribution in [3.8, 4) is 10.6 Å². The molecule has 2 aromatic heterocycles. The first-order chi connectivity index (χ1) is 9.72. The Morgan fingerprint density at radius 2 is 2.40 bits per heavy atom. The molecule has 2 aromatic rings. The topological polar surface area (TPSA) is 49.5 Å². The predicted octanol–water partition coefficient (Wildman–Crippen LogP) is 3.00. The van der Waals surface area contributed by atoms with Crippen LogP contribution in [0, 0.1) is 5.92 Å². The summed E-state index contributed by atoms with van der Waals surface area (Å²) in [6, 6.07) is 4.04. The van der Waals surface area contributed by atoms with Gasteiger partial charge in [-0.05, 0) is 37.3 Å². The Balaban J connectivity index is 1.57. The molecule has 0 aromatic carbocycles. The van der Waals surface area contributed by atoms with Gasteiger partial charge in [-0.1, -0.05) is 12.5 Å². The first kappa shape index (κ1) is 13.8. The average Bonchev–Trinajstić information content (AvgIpc) is 3.12. The largest absolute Gasteiger partial charge is 0.438 e. The number of oxazole rings is 1. The molecule has 1 aliphatic carbocycles. The number of rotatable bonds is 5. The fraction of sp³-hybridized carbons (Fsp3) is 0.533. The molecule has 5 heteroatoms. The SMILES string of the molecule is CN(Cc1ncc(-c2cccs2)o1)CC1CCCC1O. The number of aliphatic hydroxyl groups is 1. The molecule has 1 fully saturated rings. The molecule has 1 N–H and O–H groups in total. The van der Waals surface area contributed by atoms with Crippen molar-refractivity contribution in [2.24, 2.45) is 5.92 Å². The van der Waals surface area contributed by atoms with Crippen LogP contribution < -0.4 is 0 Å². The zero-order valence-corrected chi connectivity index (χ0v) is 12.5. The van der Waals surface area contributed by atoms with Crippen LogP contribution in [0.3, 0.4) is 0 Å². The monoisotopic (exact) mass is 292 g/mol. The van der Waals surface area contributed by atoms with E-state index in [9.17, 15) is 5.11 Å². The molecule has 0 spiro atoms. The molecule has 1 aliphatic rings. The van der Waals surface area contributed by atoms with Gasteiger partial charge in [0.1, 0.15) is 0 Å². The van der Waals surface area contributed by atoms with Crippen LogP contribution >= 0.6 is 11.3 Å². The van der Waals surface area contributed by atoms with Crippen LogP contribution in [0.15, 0.2) is 28.1 Å². The highest BCUT2D eigenvalue weighted by Crippen LogP contribution is 2.27. The van der Waals surface area contributed by atoms with Crippen molar-refractivity contribution >= 4 is 11.3 Å². The molecule has 0 bridgehead atoms. The van der Waals surface area contributed by atoms with E-state index in [0.717, 1.165) is 42.3 Å². The number of nitrogens with zero attached hydrogens (tertiary/aromatic N) is 2. The van der Waals surface area contributed by atoms with Crippen LogP contribution in [0.25, 0.3) is 10.6 Å². The number of hydrogen-bond donors (Lipinski definition) is 1. The average molecular weight is 292 g/mol. The third kappa shape index (κ3) is 3.11. The molecule has 0 saturated heterocycles. The normalized spacial score (nSPS) is 22.8. The van der Waals surface area contributed by atoms with Crippen molar-refractivity contribution in [1.82, 2.24) is 9.88 Å². The van der Waals surface area contributed by atoms with E-state index in [2.05, 4.69) is 16.9 Å². The van der Waals surface area contributed by atoms with Crippen molar-refractivity contribution in [2.75, 3.05) is 13.6 Å². The third-order valence-electron chi connectivity index (χ3n) is 3.89. The highest BCUT2D eigenvalue weighted by molar-refractivity contribution is 7.13. The standard InChI is InChI=1S/C15H20N2O2S/c1-17(9-11-4-2-5-12(11)18)10-15-16-8-13(19-15)14-6-3-7-20-14/h3,6-8,11-12,18H,2,4-5,9-10H2,1H3. The second-order valence-corrected chi connectivity index (χ2v) is 6.50. The van der Waals surface area contributed by atoms with Gasteiger partial charge in [-0.3, -0.25) is 4.90 Å². The van der Waals surface area contributed by atoms with Crippen molar-refractivity contribution in [3.63, 3.8) is 0 Å². The van der Waals surface area contributed by atoms with Crippen LogP contribution in [0.2, 0.25) is 0 Å². The summed E-state index contributed by atoms with van der Waals surface area (Å²) in [5.41, 5.74) is 0. The van der Waals surface area contributed by atoms with Crippen LogP contribution in [0.5, 0.6) is 0 Å². The summed E-state index contributed by atoms with van der Waals surface area (Å²) in [7, 11) is 2.06. The van der Waals surface area contributed by atoms with Gasteiger partial charge in [-0.25, -0.2) is 4.98 Å². The maximum absolute atomic E-state index is 9.87. The lowest BCUT2D eigenvalue weighted by atomic mass is 10.1. The highest BCUT2D eigenvalue weighted by Gasteiger charge is 2.26. The van der Waals surface area contributed by atoms with Gasteiger partial charge in [0.05, 0.1) is 23.7 Å². The third-order valence-corrected chi connectivity index (χ3v) is 4.77. The maximum atomic E-state index is 9.87. The molecule has 0 amide bonds. The minimum absolute atomic E-state index is 0.135. The van der Waals surface area contributed by atoms with Gasteiger partial charge in [0, 0.05) is 6.54 Å². The van der Waals surface area contributed by atoms with Crippen LogP contribution in [0.1, 0.15) is 25.2 Å². The molecular formula is C15H20N2O2S. The van der Waals surface area contributed by atoms with Gasteiger partial charge in [0.15, 0.2) is 5.76 Å². The quantitative estimate of drug-likeness (QED) is 0.920. The van der Waals surface area contributed by atoms with Crippen LogP contribution in [-0.4, -0.2) is 34.7 Å². The Morgan fingerprint density at radius 3 is 3.10 bits per heavy atom. The molecule has 2 atom stereocenters. The number of hydrogen-bond acceptors (Lipinski definition) is 5. The minimum atomic E-state index is -0.135. The fourth-order valence-corrected chi connectivity index (χ4v) is 3.51. The molecule has 108 valence electrons. The van der Waals surface area contributed by atoms with E-state index in [4.69, 9.17) is 4.42 Å². The summed E-state index contributed by atoms with van der Waals surface area (Å²) < 4.78 is 5.79. The van der Waals surface area contributed by atoms with E-state index in [0.29, 0.717) is 12.5 Å². The summed E-state index contributed by atoms with van der Waals surface area (Å²) in [5.74, 6) is 1.97. The predicted molar refractivity (Wildman–Crippen MR) is 79.5 cm³/mol. The van der Waals surface area contributed by atoms with Crippen molar-refractivity contribution < 1.29 is 9.52 Å². The Bertz CT molecular complexity index is 538. The van der Waals surface area contributed by atoms with Gasteiger partial charge in [0.2, 0.25) is 5.89 Å². The smallest absolute Gasteiger partial charge is 0.209 e. The zero-order chi connectivity index (χ0) is 13.9. The summed E-state index contributed by atoms with van der Waals surface area (Å²) in [6.45, 7) is 1.59. The Hall–Kier alpha value is -1.17. The number of aromatic nitrogens is 1. The lowest BCUT2D eigenvalue weighted by Gasteiger charge is -2.21. The lowest BCUT2D eigenvalue weighted by Crippen LogP contribution is -2.29. The van der Waals surface area contributed by atoms with Gasteiger partial charge < -0.3 is 9.52 Å². The number of thiophene rings is 1. The van der Waals surface area contributed by atoms with Crippen molar-refractivity contribution in [1.29, 1.82) is 0 Å². The second kappa shape index (κ2) is 6.08. The molecule has 20 heavy (non-hydrogen) atoms.